The first-order chi connectivity index (χ1) is 10.1. The summed E-state index contributed by atoms with van der Waals surface area (Å²) in [7, 11) is 0. The van der Waals surface area contributed by atoms with E-state index in [1.165, 1.54) is 12.8 Å². The summed E-state index contributed by atoms with van der Waals surface area (Å²) >= 11 is 3.45. The van der Waals surface area contributed by atoms with Crippen LogP contribution in [0.15, 0.2) is 15.5 Å². The van der Waals surface area contributed by atoms with Crippen LogP contribution in [0.2, 0.25) is 0 Å². The van der Waals surface area contributed by atoms with Gasteiger partial charge in [0.05, 0.1) is 24.6 Å². The number of anilines is 1. The minimum absolute atomic E-state index is 0.0143. The average molecular weight is 357 g/mol. The quantitative estimate of drug-likeness (QED) is 0.869. The van der Waals surface area contributed by atoms with E-state index in [1.54, 1.807) is 10.9 Å². The van der Waals surface area contributed by atoms with E-state index in [2.05, 4.69) is 25.9 Å². The third kappa shape index (κ3) is 3.30. The van der Waals surface area contributed by atoms with Crippen molar-refractivity contribution in [2.75, 3.05) is 24.6 Å². The van der Waals surface area contributed by atoms with E-state index in [-0.39, 0.29) is 17.7 Å². The molecule has 1 saturated heterocycles. The molecule has 1 saturated carbocycles. The first-order valence-corrected chi connectivity index (χ1v) is 8.23. The predicted octanol–water partition coefficient (Wildman–Crippen LogP) is 0.968. The molecule has 0 bridgehead atoms. The molecule has 1 aromatic heterocycles. The molecule has 2 heterocycles. The lowest BCUT2D eigenvalue weighted by atomic mass is 10.1. The van der Waals surface area contributed by atoms with Gasteiger partial charge in [0.2, 0.25) is 0 Å². The largest absolute Gasteiger partial charge is 0.373 e. The molecule has 1 aliphatic carbocycles. The van der Waals surface area contributed by atoms with Crippen LogP contribution in [0.4, 0.5) is 5.69 Å². The number of hydrogen-bond acceptors (Lipinski definition) is 5. The Hall–Kier alpha value is -0.920. The third-order valence-corrected chi connectivity index (χ3v) is 4.86. The van der Waals surface area contributed by atoms with Crippen molar-refractivity contribution in [1.29, 1.82) is 0 Å². The highest BCUT2D eigenvalue weighted by atomic mass is 79.9. The van der Waals surface area contributed by atoms with Crippen LogP contribution in [-0.2, 0) is 11.3 Å². The molecule has 0 aromatic carbocycles. The van der Waals surface area contributed by atoms with Crippen molar-refractivity contribution in [2.24, 2.45) is 11.7 Å². The number of aromatic nitrogens is 2. The van der Waals surface area contributed by atoms with E-state index in [4.69, 9.17) is 10.5 Å². The zero-order chi connectivity index (χ0) is 15.0. The molecule has 0 amide bonds. The van der Waals surface area contributed by atoms with Gasteiger partial charge in [-0.05, 0) is 41.6 Å². The fourth-order valence-corrected chi connectivity index (χ4v) is 3.12. The molecular weight excluding hydrogens is 336 g/mol. The van der Waals surface area contributed by atoms with E-state index < -0.39 is 0 Å². The number of nitrogens with two attached hydrogens (primary N) is 1. The van der Waals surface area contributed by atoms with Gasteiger partial charge in [0.1, 0.15) is 4.47 Å². The monoisotopic (exact) mass is 356 g/mol. The molecular formula is C14H21BrN4O2. The van der Waals surface area contributed by atoms with Gasteiger partial charge in [0.15, 0.2) is 0 Å². The molecule has 7 heteroatoms. The van der Waals surface area contributed by atoms with Crippen LogP contribution in [-0.4, -0.2) is 41.6 Å². The van der Waals surface area contributed by atoms with Crippen LogP contribution >= 0.6 is 15.9 Å². The van der Waals surface area contributed by atoms with Crippen LogP contribution in [0.25, 0.3) is 0 Å². The highest BCUT2D eigenvalue weighted by Crippen LogP contribution is 2.30. The Bertz CT molecular complexity index is 571. The highest BCUT2D eigenvalue weighted by Gasteiger charge is 2.27. The lowest BCUT2D eigenvalue weighted by molar-refractivity contribution is 0.0275. The van der Waals surface area contributed by atoms with Gasteiger partial charge in [0.25, 0.3) is 5.56 Å². The van der Waals surface area contributed by atoms with Crippen LogP contribution in [0, 0.1) is 5.92 Å². The Labute approximate surface area is 132 Å². The van der Waals surface area contributed by atoms with Gasteiger partial charge in [-0.1, -0.05) is 0 Å². The van der Waals surface area contributed by atoms with Gasteiger partial charge in [0, 0.05) is 25.7 Å². The minimum Gasteiger partial charge on any atom is -0.373 e. The fourth-order valence-electron chi connectivity index (χ4n) is 2.56. The fraction of sp³-hybridized carbons (Fsp3) is 0.714. The van der Waals surface area contributed by atoms with E-state index in [9.17, 15) is 4.79 Å². The molecule has 116 valence electrons. The number of hydrogen-bond donors (Lipinski definition) is 1. The van der Waals surface area contributed by atoms with E-state index >= 15 is 0 Å². The van der Waals surface area contributed by atoms with Crippen molar-refractivity contribution in [3.05, 3.63) is 21.0 Å². The molecule has 6 nitrogen and oxygen atoms in total. The normalized spacial score (nSPS) is 24.1. The summed E-state index contributed by atoms with van der Waals surface area (Å²) in [4.78, 5) is 14.5. The van der Waals surface area contributed by atoms with Crippen molar-refractivity contribution < 1.29 is 4.74 Å². The summed E-state index contributed by atoms with van der Waals surface area (Å²) in [6.07, 6.45) is 4.16. The molecule has 2 unspecified atom stereocenters. The highest BCUT2D eigenvalue weighted by molar-refractivity contribution is 9.10. The maximum absolute atomic E-state index is 12.4. The molecule has 2 N–H and O–H groups in total. The Balaban J connectivity index is 1.81. The first kappa shape index (κ1) is 15.0. The molecule has 21 heavy (non-hydrogen) atoms. The smallest absolute Gasteiger partial charge is 0.283 e. The Morgan fingerprint density at radius 3 is 3.00 bits per heavy atom. The lowest BCUT2D eigenvalue weighted by Crippen LogP contribution is -2.50. The van der Waals surface area contributed by atoms with Gasteiger partial charge in [-0.25, -0.2) is 4.68 Å². The second-order valence-electron chi connectivity index (χ2n) is 5.99. The SMILES string of the molecule is CC(N)C1CN(c2cnn(CC3CC3)c(=O)c2Br)CCO1. The molecule has 0 spiro atoms. The average Bonchev–Trinajstić information content (AvgIpc) is 3.28. The third-order valence-electron chi connectivity index (χ3n) is 4.12. The summed E-state index contributed by atoms with van der Waals surface area (Å²) < 4.78 is 7.81. The van der Waals surface area contributed by atoms with Crippen LogP contribution in [0.1, 0.15) is 19.8 Å². The van der Waals surface area contributed by atoms with Crippen molar-refractivity contribution in [1.82, 2.24) is 9.78 Å². The van der Waals surface area contributed by atoms with Crippen molar-refractivity contribution in [3.63, 3.8) is 0 Å². The second-order valence-corrected chi connectivity index (χ2v) is 6.78. The van der Waals surface area contributed by atoms with E-state index in [1.807, 2.05) is 6.92 Å². The Morgan fingerprint density at radius 1 is 1.57 bits per heavy atom. The lowest BCUT2D eigenvalue weighted by Gasteiger charge is -2.36. The predicted molar refractivity (Wildman–Crippen MR) is 84.5 cm³/mol. The zero-order valence-corrected chi connectivity index (χ0v) is 13.8. The molecule has 2 atom stereocenters. The molecule has 0 radical (unpaired) electrons. The van der Waals surface area contributed by atoms with Gasteiger partial charge >= 0.3 is 0 Å². The van der Waals surface area contributed by atoms with Gasteiger partial charge in [-0.15, -0.1) is 0 Å². The minimum atomic E-state index is -0.0526. The molecule has 2 aliphatic rings. The number of rotatable bonds is 4. The summed E-state index contributed by atoms with van der Waals surface area (Å²) in [6.45, 7) is 4.71. The summed E-state index contributed by atoms with van der Waals surface area (Å²) in [5.74, 6) is 0.624. The maximum Gasteiger partial charge on any atom is 0.283 e. The Kier molecular flexibility index (Phi) is 4.33. The van der Waals surface area contributed by atoms with Gasteiger partial charge in [-0.3, -0.25) is 4.79 Å². The number of ether oxygens (including phenoxy) is 1. The molecule has 1 aromatic rings. The molecule has 1 aliphatic heterocycles. The number of nitrogens with zero attached hydrogens (tertiary/aromatic N) is 3. The molecule has 2 fully saturated rings. The zero-order valence-electron chi connectivity index (χ0n) is 12.2. The van der Waals surface area contributed by atoms with Crippen LogP contribution in [0.5, 0.6) is 0 Å². The number of morpholine rings is 1. The maximum atomic E-state index is 12.4. The first-order valence-electron chi connectivity index (χ1n) is 7.44. The van der Waals surface area contributed by atoms with Crippen molar-refractivity contribution in [2.45, 2.75) is 38.5 Å². The second kappa shape index (κ2) is 6.06. The summed E-state index contributed by atoms with van der Waals surface area (Å²) in [5.41, 5.74) is 6.70. The van der Waals surface area contributed by atoms with Crippen molar-refractivity contribution >= 4 is 21.6 Å². The topological polar surface area (TPSA) is 73.4 Å². The summed E-state index contributed by atoms with van der Waals surface area (Å²) in [6, 6.07) is -0.0326. The standard InChI is InChI=1S/C14H21BrN4O2/c1-9(16)12-8-18(4-5-21-12)11-6-17-19(7-10-2-3-10)14(20)13(11)15/h6,9-10,12H,2-5,7-8,16H2,1H3. The van der Waals surface area contributed by atoms with E-state index in [0.29, 0.717) is 23.5 Å². The van der Waals surface area contributed by atoms with E-state index in [0.717, 1.165) is 18.8 Å². The van der Waals surface area contributed by atoms with Crippen molar-refractivity contribution in [3.8, 4) is 0 Å². The Morgan fingerprint density at radius 2 is 2.33 bits per heavy atom. The van der Waals surface area contributed by atoms with Gasteiger partial charge < -0.3 is 15.4 Å². The summed E-state index contributed by atoms with van der Waals surface area (Å²) in [5, 5.41) is 4.32. The number of halogens is 1. The van der Waals surface area contributed by atoms with Crippen LogP contribution < -0.4 is 16.2 Å². The molecule has 3 rings (SSSR count). The van der Waals surface area contributed by atoms with Gasteiger partial charge in [-0.2, -0.15) is 5.10 Å². The van der Waals surface area contributed by atoms with Crippen LogP contribution in [0.3, 0.4) is 0 Å².